The average Bonchev–Trinajstić information content (AvgIpc) is 3.75. The van der Waals surface area contributed by atoms with E-state index in [1.807, 2.05) is 18.2 Å². The molecule has 0 aliphatic carbocycles. The van der Waals surface area contributed by atoms with E-state index in [2.05, 4.69) is 163 Å². The zero-order valence-corrected chi connectivity index (χ0v) is 26.5. The molecule has 2 heterocycles. The van der Waals surface area contributed by atoms with Gasteiger partial charge in [0.15, 0.2) is 5.58 Å². The molecule has 3 heteroatoms. The van der Waals surface area contributed by atoms with Crippen molar-refractivity contribution in [3.8, 4) is 22.3 Å². The molecule has 0 spiro atoms. The Bertz CT molecular complexity index is 2810. The van der Waals surface area contributed by atoms with Gasteiger partial charge in [-0.3, -0.25) is 0 Å². The van der Waals surface area contributed by atoms with Crippen molar-refractivity contribution in [3.05, 3.63) is 176 Å². The van der Waals surface area contributed by atoms with Crippen LogP contribution in [0.25, 0.3) is 76.9 Å². The van der Waals surface area contributed by atoms with Gasteiger partial charge in [-0.1, -0.05) is 133 Å². The maximum absolute atomic E-state index is 6.81. The van der Waals surface area contributed by atoms with E-state index in [0.717, 1.165) is 77.5 Å². The van der Waals surface area contributed by atoms with Crippen LogP contribution in [-0.4, -0.2) is 0 Å². The molecule has 0 N–H and O–H groups in total. The summed E-state index contributed by atoms with van der Waals surface area (Å²) in [6, 6.07) is 61.8. The van der Waals surface area contributed by atoms with Crippen LogP contribution < -0.4 is 4.90 Å². The minimum absolute atomic E-state index is 0.866. The number of fused-ring (bicyclic) bond motifs is 8. The second-order valence-corrected chi connectivity index (χ2v) is 12.5. The highest BCUT2D eigenvalue weighted by Crippen LogP contribution is 2.45. The number of nitrogens with zero attached hydrogens (tertiary/aromatic N) is 1. The molecule has 0 atom stereocenters. The van der Waals surface area contributed by atoms with E-state index in [0.29, 0.717) is 0 Å². The second kappa shape index (κ2) is 11.0. The summed E-state index contributed by atoms with van der Waals surface area (Å²) in [5.74, 6) is 0. The van der Waals surface area contributed by atoms with E-state index in [-0.39, 0.29) is 0 Å². The highest BCUT2D eigenvalue weighted by Gasteiger charge is 2.20. The molecule has 0 saturated heterocycles. The average molecular weight is 628 g/mol. The van der Waals surface area contributed by atoms with Crippen molar-refractivity contribution in [1.29, 1.82) is 0 Å². The van der Waals surface area contributed by atoms with E-state index in [1.165, 1.54) is 16.5 Å². The largest absolute Gasteiger partial charge is 0.455 e. The third-order valence-corrected chi connectivity index (χ3v) is 9.66. The van der Waals surface area contributed by atoms with Gasteiger partial charge in [0.05, 0.1) is 5.69 Å². The summed E-state index contributed by atoms with van der Waals surface area (Å²) in [7, 11) is 0. The maximum Gasteiger partial charge on any atom is 0.159 e. The van der Waals surface area contributed by atoms with Crippen LogP contribution in [0.2, 0.25) is 0 Å². The molecule has 2 aromatic heterocycles. The molecule has 0 radical (unpaired) electrons. The molecule has 0 aliphatic rings. The monoisotopic (exact) mass is 627 g/mol. The fourth-order valence-electron chi connectivity index (χ4n) is 7.41. The van der Waals surface area contributed by atoms with Crippen LogP contribution in [0.5, 0.6) is 0 Å². The molecule has 10 aromatic rings. The SMILES string of the molecule is c1ccc(-c2cc3c4cccc(-c5ccc(N(c6ccccc6)c6cccc7c6oc6ccccc67)cc5)c4oc3c3ccccc23)cc1. The first-order valence-electron chi connectivity index (χ1n) is 16.6. The van der Waals surface area contributed by atoms with Gasteiger partial charge in [0.2, 0.25) is 0 Å². The van der Waals surface area contributed by atoms with Gasteiger partial charge in [-0.25, -0.2) is 0 Å². The Morgan fingerprint density at radius 2 is 0.898 bits per heavy atom. The summed E-state index contributed by atoms with van der Waals surface area (Å²) in [6.45, 7) is 0. The highest BCUT2D eigenvalue weighted by atomic mass is 16.3. The van der Waals surface area contributed by atoms with Gasteiger partial charge in [0, 0.05) is 43.9 Å². The lowest BCUT2D eigenvalue weighted by Crippen LogP contribution is -2.10. The number of hydrogen-bond donors (Lipinski definition) is 0. The Labute approximate surface area is 282 Å². The van der Waals surface area contributed by atoms with Crippen LogP contribution in [0.1, 0.15) is 0 Å². The van der Waals surface area contributed by atoms with Crippen LogP contribution in [0.15, 0.2) is 185 Å². The summed E-state index contributed by atoms with van der Waals surface area (Å²) < 4.78 is 13.3. The zero-order chi connectivity index (χ0) is 32.3. The summed E-state index contributed by atoms with van der Waals surface area (Å²) in [5, 5.41) is 6.76. The Balaban J connectivity index is 1.13. The van der Waals surface area contributed by atoms with E-state index in [4.69, 9.17) is 8.83 Å². The summed E-state index contributed by atoms with van der Waals surface area (Å²) >= 11 is 0. The number of hydrogen-bond acceptors (Lipinski definition) is 3. The standard InChI is InChI=1S/C46H29NO2/c1-3-13-30(14-4-1)40-29-41-39-21-11-20-34(44(39)49-45(41)37-19-8-7-17-35(37)40)31-25-27-33(28-26-31)47(32-15-5-2-6-16-32)42-23-12-22-38-36-18-9-10-24-43(36)48-46(38)42/h1-29H. The van der Waals surface area contributed by atoms with Gasteiger partial charge in [-0.15, -0.1) is 0 Å². The molecule has 230 valence electrons. The highest BCUT2D eigenvalue weighted by molar-refractivity contribution is 6.20. The Morgan fingerprint density at radius 3 is 1.69 bits per heavy atom. The molecule has 10 rings (SSSR count). The fourth-order valence-corrected chi connectivity index (χ4v) is 7.41. The van der Waals surface area contributed by atoms with Gasteiger partial charge in [-0.05, 0) is 64.5 Å². The number of benzene rings is 8. The minimum Gasteiger partial charge on any atom is -0.455 e. The van der Waals surface area contributed by atoms with Crippen molar-refractivity contribution < 1.29 is 8.83 Å². The quantitative estimate of drug-likeness (QED) is 0.190. The third kappa shape index (κ3) is 4.37. The van der Waals surface area contributed by atoms with Crippen molar-refractivity contribution in [2.24, 2.45) is 0 Å². The lowest BCUT2D eigenvalue weighted by molar-refractivity contribution is 0.669. The molecule has 3 nitrogen and oxygen atoms in total. The number of rotatable bonds is 5. The van der Waals surface area contributed by atoms with Gasteiger partial charge in [0.25, 0.3) is 0 Å². The smallest absolute Gasteiger partial charge is 0.159 e. The number of furan rings is 2. The molecule has 0 saturated carbocycles. The minimum atomic E-state index is 0.866. The van der Waals surface area contributed by atoms with E-state index < -0.39 is 0 Å². The van der Waals surface area contributed by atoms with Crippen LogP contribution in [0.3, 0.4) is 0 Å². The van der Waals surface area contributed by atoms with Gasteiger partial charge in [0.1, 0.15) is 16.7 Å². The maximum atomic E-state index is 6.81. The predicted molar refractivity (Wildman–Crippen MR) is 204 cm³/mol. The molecule has 8 aromatic carbocycles. The van der Waals surface area contributed by atoms with E-state index in [9.17, 15) is 0 Å². The van der Waals surface area contributed by atoms with Crippen LogP contribution >= 0.6 is 0 Å². The molecule has 0 fully saturated rings. The molecule has 0 aliphatic heterocycles. The van der Waals surface area contributed by atoms with Crippen molar-refractivity contribution in [1.82, 2.24) is 0 Å². The predicted octanol–water partition coefficient (Wildman–Crippen LogP) is 13.4. The van der Waals surface area contributed by atoms with Crippen molar-refractivity contribution in [2.75, 3.05) is 4.90 Å². The number of anilines is 3. The van der Waals surface area contributed by atoms with Crippen LogP contribution in [0.4, 0.5) is 17.1 Å². The molecule has 0 bridgehead atoms. The van der Waals surface area contributed by atoms with Crippen molar-refractivity contribution >= 4 is 71.7 Å². The Morgan fingerprint density at radius 1 is 0.327 bits per heavy atom. The third-order valence-electron chi connectivity index (χ3n) is 9.66. The van der Waals surface area contributed by atoms with Crippen LogP contribution in [0, 0.1) is 0 Å². The molecular weight excluding hydrogens is 599 g/mol. The van der Waals surface area contributed by atoms with E-state index in [1.54, 1.807) is 0 Å². The number of para-hydroxylation sites is 4. The van der Waals surface area contributed by atoms with Crippen molar-refractivity contribution in [3.63, 3.8) is 0 Å². The molecule has 0 unspecified atom stereocenters. The zero-order valence-electron chi connectivity index (χ0n) is 26.5. The fraction of sp³-hybridized carbons (Fsp3) is 0. The Hall–Kier alpha value is -6.58. The first kappa shape index (κ1) is 27.5. The van der Waals surface area contributed by atoms with E-state index >= 15 is 0 Å². The van der Waals surface area contributed by atoms with Gasteiger partial charge < -0.3 is 13.7 Å². The topological polar surface area (TPSA) is 29.5 Å². The first-order chi connectivity index (χ1) is 24.3. The van der Waals surface area contributed by atoms with Gasteiger partial charge >= 0.3 is 0 Å². The first-order valence-corrected chi connectivity index (χ1v) is 16.6. The van der Waals surface area contributed by atoms with Crippen LogP contribution in [-0.2, 0) is 0 Å². The summed E-state index contributed by atoms with van der Waals surface area (Å²) in [6.07, 6.45) is 0. The van der Waals surface area contributed by atoms with Crippen molar-refractivity contribution in [2.45, 2.75) is 0 Å². The molecule has 49 heavy (non-hydrogen) atoms. The summed E-state index contributed by atoms with van der Waals surface area (Å²) in [5.41, 5.74) is 11.2. The van der Waals surface area contributed by atoms with Gasteiger partial charge in [-0.2, -0.15) is 0 Å². The summed E-state index contributed by atoms with van der Waals surface area (Å²) in [4.78, 5) is 2.27. The lowest BCUT2D eigenvalue weighted by Gasteiger charge is -2.25. The molecule has 0 amide bonds. The molecular formula is C46H29NO2. The Kier molecular flexibility index (Phi) is 6.18. The normalized spacial score (nSPS) is 11.7. The second-order valence-electron chi connectivity index (χ2n) is 12.5. The lowest BCUT2D eigenvalue weighted by atomic mass is 9.95.